The molecule has 0 heterocycles. The fourth-order valence-corrected chi connectivity index (χ4v) is 1.12. The van der Waals surface area contributed by atoms with Crippen LogP contribution in [0.3, 0.4) is 0 Å². The van der Waals surface area contributed by atoms with Crippen LogP contribution < -0.4 is 16.0 Å². The lowest BCUT2D eigenvalue weighted by molar-refractivity contribution is -0.128. The lowest BCUT2D eigenvalue weighted by atomic mass is 10.1. The van der Waals surface area contributed by atoms with E-state index in [0.717, 1.165) is 0 Å². The molecular weight excluding hydrogens is 206 g/mol. The summed E-state index contributed by atoms with van der Waals surface area (Å²) >= 11 is 0. The van der Waals surface area contributed by atoms with Gasteiger partial charge >= 0.3 is 0 Å². The molecule has 16 heavy (non-hydrogen) atoms. The first-order valence-corrected chi connectivity index (χ1v) is 5.66. The monoisotopic (exact) mass is 229 g/mol. The highest BCUT2D eigenvalue weighted by Crippen LogP contribution is 1.91. The third-order valence-corrected chi connectivity index (χ3v) is 2.09. The Morgan fingerprint density at radius 2 is 1.69 bits per heavy atom. The van der Waals surface area contributed by atoms with Crippen LogP contribution in [0.15, 0.2) is 0 Å². The quantitative estimate of drug-likeness (QED) is 0.563. The molecule has 0 aromatic carbocycles. The minimum atomic E-state index is -0.140. The summed E-state index contributed by atoms with van der Waals surface area (Å²) in [6, 6.07) is 0. The SMILES string of the molecule is CNCC(C)C(=O)NCC(=O)NCC(C)C. The van der Waals surface area contributed by atoms with E-state index < -0.39 is 0 Å². The van der Waals surface area contributed by atoms with E-state index in [-0.39, 0.29) is 24.3 Å². The number of carbonyl (C=O) groups is 2. The van der Waals surface area contributed by atoms with Crippen LogP contribution in [-0.4, -0.2) is 38.5 Å². The maximum atomic E-state index is 11.4. The summed E-state index contributed by atoms with van der Waals surface area (Å²) in [5.41, 5.74) is 0. The Morgan fingerprint density at radius 3 is 2.19 bits per heavy atom. The molecule has 0 aromatic heterocycles. The zero-order valence-corrected chi connectivity index (χ0v) is 10.6. The standard InChI is InChI=1S/C11H23N3O2/c1-8(2)5-13-10(15)7-14-11(16)9(3)6-12-4/h8-9,12H,5-7H2,1-4H3,(H,13,15)(H,14,16). The van der Waals surface area contributed by atoms with Gasteiger partial charge in [-0.25, -0.2) is 0 Å². The Hall–Kier alpha value is -1.10. The number of nitrogens with one attached hydrogen (secondary N) is 3. The van der Waals surface area contributed by atoms with Crippen molar-refractivity contribution in [1.29, 1.82) is 0 Å². The summed E-state index contributed by atoms with van der Waals surface area (Å²) in [5.74, 6) is 0.0542. The topological polar surface area (TPSA) is 70.2 Å². The molecular formula is C11H23N3O2. The zero-order valence-electron chi connectivity index (χ0n) is 10.6. The highest BCUT2D eigenvalue weighted by atomic mass is 16.2. The van der Waals surface area contributed by atoms with Crippen LogP contribution in [0.4, 0.5) is 0 Å². The Morgan fingerprint density at radius 1 is 1.06 bits per heavy atom. The van der Waals surface area contributed by atoms with Crippen molar-refractivity contribution in [3.63, 3.8) is 0 Å². The van der Waals surface area contributed by atoms with E-state index in [2.05, 4.69) is 16.0 Å². The lowest BCUT2D eigenvalue weighted by Gasteiger charge is -2.12. The second kappa shape index (κ2) is 8.10. The molecule has 1 atom stereocenters. The molecule has 0 rings (SSSR count). The van der Waals surface area contributed by atoms with Gasteiger partial charge < -0.3 is 16.0 Å². The van der Waals surface area contributed by atoms with Crippen molar-refractivity contribution in [2.24, 2.45) is 11.8 Å². The van der Waals surface area contributed by atoms with E-state index in [1.807, 2.05) is 20.8 Å². The van der Waals surface area contributed by atoms with Crippen molar-refractivity contribution >= 4 is 11.8 Å². The van der Waals surface area contributed by atoms with E-state index >= 15 is 0 Å². The summed E-state index contributed by atoms with van der Waals surface area (Å²) in [6.45, 7) is 7.17. The molecule has 0 saturated carbocycles. The molecule has 2 amide bonds. The van der Waals surface area contributed by atoms with Gasteiger partial charge in [0.25, 0.3) is 0 Å². The lowest BCUT2D eigenvalue weighted by Crippen LogP contribution is -2.41. The van der Waals surface area contributed by atoms with Crippen molar-refractivity contribution in [3.05, 3.63) is 0 Å². The van der Waals surface area contributed by atoms with E-state index in [1.54, 1.807) is 7.05 Å². The van der Waals surface area contributed by atoms with Crippen molar-refractivity contribution in [2.75, 3.05) is 26.7 Å². The molecule has 0 aliphatic carbocycles. The first kappa shape index (κ1) is 14.9. The van der Waals surface area contributed by atoms with Crippen LogP contribution in [0.5, 0.6) is 0 Å². The first-order chi connectivity index (χ1) is 7.47. The predicted octanol–water partition coefficient (Wildman–Crippen LogP) is -0.270. The third-order valence-electron chi connectivity index (χ3n) is 2.09. The Kier molecular flexibility index (Phi) is 7.54. The highest BCUT2D eigenvalue weighted by molar-refractivity contribution is 5.85. The van der Waals surface area contributed by atoms with Crippen molar-refractivity contribution in [1.82, 2.24) is 16.0 Å². The van der Waals surface area contributed by atoms with Gasteiger partial charge in [-0.15, -0.1) is 0 Å². The first-order valence-electron chi connectivity index (χ1n) is 5.66. The number of hydrogen-bond donors (Lipinski definition) is 3. The molecule has 0 aliphatic heterocycles. The summed E-state index contributed by atoms with van der Waals surface area (Å²) in [5, 5.41) is 8.25. The molecule has 0 aliphatic rings. The van der Waals surface area contributed by atoms with Crippen LogP contribution in [0.2, 0.25) is 0 Å². The second-order valence-electron chi connectivity index (χ2n) is 4.37. The molecule has 0 aromatic rings. The average Bonchev–Trinajstić information content (AvgIpc) is 2.23. The zero-order chi connectivity index (χ0) is 12.6. The van der Waals surface area contributed by atoms with E-state index in [4.69, 9.17) is 0 Å². The molecule has 3 N–H and O–H groups in total. The molecule has 0 radical (unpaired) electrons. The van der Waals surface area contributed by atoms with Crippen LogP contribution in [0.1, 0.15) is 20.8 Å². The van der Waals surface area contributed by atoms with E-state index in [0.29, 0.717) is 19.0 Å². The number of rotatable bonds is 7. The molecule has 5 heteroatoms. The minimum absolute atomic E-state index is 0.0552. The minimum Gasteiger partial charge on any atom is -0.354 e. The smallest absolute Gasteiger partial charge is 0.239 e. The van der Waals surface area contributed by atoms with Crippen LogP contribution >= 0.6 is 0 Å². The van der Waals surface area contributed by atoms with Gasteiger partial charge in [-0.1, -0.05) is 20.8 Å². The second-order valence-corrected chi connectivity index (χ2v) is 4.37. The Labute approximate surface area is 97.4 Å². The predicted molar refractivity (Wildman–Crippen MR) is 63.9 cm³/mol. The van der Waals surface area contributed by atoms with Crippen molar-refractivity contribution < 1.29 is 9.59 Å². The van der Waals surface area contributed by atoms with E-state index in [1.165, 1.54) is 0 Å². The Balaban J connectivity index is 3.70. The van der Waals surface area contributed by atoms with Gasteiger partial charge in [0, 0.05) is 19.0 Å². The molecule has 0 saturated heterocycles. The van der Waals surface area contributed by atoms with Gasteiger partial charge in [0.2, 0.25) is 11.8 Å². The molecule has 1 unspecified atom stereocenters. The molecule has 94 valence electrons. The van der Waals surface area contributed by atoms with Gasteiger partial charge in [-0.2, -0.15) is 0 Å². The molecule has 0 spiro atoms. The van der Waals surface area contributed by atoms with Crippen molar-refractivity contribution in [3.8, 4) is 0 Å². The number of carbonyl (C=O) groups excluding carboxylic acids is 2. The number of amides is 2. The van der Waals surface area contributed by atoms with Crippen LogP contribution in [0.25, 0.3) is 0 Å². The summed E-state index contributed by atoms with van der Waals surface area (Å²) in [7, 11) is 1.79. The fourth-order valence-electron chi connectivity index (χ4n) is 1.12. The highest BCUT2D eigenvalue weighted by Gasteiger charge is 2.12. The molecule has 0 bridgehead atoms. The molecule has 0 fully saturated rings. The molecule has 5 nitrogen and oxygen atoms in total. The normalized spacial score (nSPS) is 12.3. The van der Waals surface area contributed by atoms with Gasteiger partial charge in [0.1, 0.15) is 0 Å². The van der Waals surface area contributed by atoms with Gasteiger partial charge in [0.05, 0.1) is 6.54 Å². The van der Waals surface area contributed by atoms with E-state index in [9.17, 15) is 9.59 Å². The largest absolute Gasteiger partial charge is 0.354 e. The fraction of sp³-hybridized carbons (Fsp3) is 0.818. The third kappa shape index (κ3) is 7.23. The van der Waals surface area contributed by atoms with Crippen LogP contribution in [-0.2, 0) is 9.59 Å². The van der Waals surface area contributed by atoms with Crippen LogP contribution in [0, 0.1) is 11.8 Å². The maximum absolute atomic E-state index is 11.4. The summed E-state index contributed by atoms with van der Waals surface area (Å²) < 4.78 is 0. The van der Waals surface area contributed by atoms with Gasteiger partial charge in [-0.3, -0.25) is 9.59 Å². The average molecular weight is 229 g/mol. The van der Waals surface area contributed by atoms with Gasteiger partial charge in [0.15, 0.2) is 0 Å². The summed E-state index contributed by atoms with van der Waals surface area (Å²) in [6.07, 6.45) is 0. The summed E-state index contributed by atoms with van der Waals surface area (Å²) in [4.78, 5) is 22.7. The number of hydrogen-bond acceptors (Lipinski definition) is 3. The maximum Gasteiger partial charge on any atom is 0.239 e. The van der Waals surface area contributed by atoms with Crippen molar-refractivity contribution in [2.45, 2.75) is 20.8 Å². The van der Waals surface area contributed by atoms with Gasteiger partial charge in [-0.05, 0) is 13.0 Å². The Bertz CT molecular complexity index is 229.